The highest BCUT2D eigenvalue weighted by Crippen LogP contribution is 2.39. The number of aromatic hydroxyl groups is 1. The molecular formula is C29H32O12. The Balaban J connectivity index is 1.62. The van der Waals surface area contributed by atoms with Crippen LogP contribution in [0.4, 0.5) is 0 Å². The zero-order valence-electron chi connectivity index (χ0n) is 22.4. The number of ketones is 1. The van der Waals surface area contributed by atoms with Crippen LogP contribution in [0.5, 0.6) is 23.0 Å². The second kappa shape index (κ2) is 13.8. The highest BCUT2D eigenvalue weighted by atomic mass is 16.6. The minimum atomic E-state index is -1.88. The van der Waals surface area contributed by atoms with Crippen molar-refractivity contribution in [1.82, 2.24) is 0 Å². The first-order valence-corrected chi connectivity index (χ1v) is 12.3. The van der Waals surface area contributed by atoms with Crippen molar-refractivity contribution in [3.8, 4) is 23.0 Å². The van der Waals surface area contributed by atoms with E-state index >= 15 is 0 Å². The summed E-state index contributed by atoms with van der Waals surface area (Å²) in [6.45, 7) is 0. The number of aliphatic hydroxyl groups is 5. The number of allylic oxidation sites excluding steroid dienone is 3. The number of carbonyl (C=O) groups excluding carboxylic acids is 2. The molecule has 220 valence electrons. The molecule has 0 radical (unpaired) electrons. The zero-order valence-corrected chi connectivity index (χ0v) is 22.4. The van der Waals surface area contributed by atoms with Crippen molar-refractivity contribution >= 4 is 23.9 Å². The van der Waals surface area contributed by atoms with Gasteiger partial charge in [0, 0.05) is 12.0 Å². The van der Waals surface area contributed by atoms with E-state index in [1.54, 1.807) is 18.2 Å². The zero-order chi connectivity index (χ0) is 30.3. The number of rotatable bonds is 12. The van der Waals surface area contributed by atoms with Crippen LogP contribution in [0.1, 0.15) is 11.1 Å². The first kappa shape index (κ1) is 31.2. The van der Waals surface area contributed by atoms with Crippen LogP contribution in [0, 0.1) is 11.8 Å². The summed E-state index contributed by atoms with van der Waals surface area (Å²) in [4.78, 5) is 23.8. The smallest absolute Gasteiger partial charge is 0.313 e. The topological polar surface area (TPSA) is 192 Å². The number of methoxy groups -OCH3 is 3. The monoisotopic (exact) mass is 572 g/mol. The Bertz CT molecular complexity index is 1320. The molecule has 3 rings (SSSR count). The summed E-state index contributed by atoms with van der Waals surface area (Å²) in [6, 6.07) is 9.02. The van der Waals surface area contributed by atoms with E-state index in [9.17, 15) is 40.2 Å². The van der Waals surface area contributed by atoms with Gasteiger partial charge in [-0.3, -0.25) is 9.59 Å². The Morgan fingerprint density at radius 2 is 1.44 bits per heavy atom. The molecule has 1 fully saturated rings. The number of esters is 1. The summed E-state index contributed by atoms with van der Waals surface area (Å²) in [7, 11) is 3.84. The third-order valence-electron chi connectivity index (χ3n) is 6.50. The van der Waals surface area contributed by atoms with Crippen molar-refractivity contribution < 1.29 is 59.2 Å². The molecule has 12 nitrogen and oxygen atoms in total. The van der Waals surface area contributed by atoms with Crippen LogP contribution in [0.25, 0.3) is 12.2 Å². The number of hydrogen-bond acceptors (Lipinski definition) is 12. The first-order chi connectivity index (χ1) is 19.5. The van der Waals surface area contributed by atoms with Gasteiger partial charge < -0.3 is 49.6 Å². The van der Waals surface area contributed by atoms with Crippen LogP contribution in [0.15, 0.2) is 60.4 Å². The first-order valence-electron chi connectivity index (χ1n) is 12.3. The maximum Gasteiger partial charge on any atom is 0.313 e. The number of benzene rings is 2. The lowest BCUT2D eigenvalue weighted by Crippen LogP contribution is -2.65. The molecule has 0 aromatic heterocycles. The molecule has 1 aliphatic rings. The van der Waals surface area contributed by atoms with Crippen molar-refractivity contribution in [1.29, 1.82) is 0 Å². The van der Waals surface area contributed by atoms with Gasteiger partial charge in [0.05, 0.1) is 33.5 Å². The van der Waals surface area contributed by atoms with Crippen LogP contribution >= 0.6 is 0 Å². The quantitative estimate of drug-likeness (QED) is 0.0704. The number of phenols is 1. The van der Waals surface area contributed by atoms with E-state index in [2.05, 4.69) is 4.74 Å². The van der Waals surface area contributed by atoms with Gasteiger partial charge in [0.2, 0.25) is 6.29 Å². The largest absolute Gasteiger partial charge is 0.508 e. The lowest BCUT2D eigenvalue weighted by molar-refractivity contribution is -0.234. The van der Waals surface area contributed by atoms with E-state index in [4.69, 9.17) is 14.2 Å². The Kier molecular flexibility index (Phi) is 10.5. The van der Waals surface area contributed by atoms with Crippen LogP contribution < -0.4 is 14.2 Å². The summed E-state index contributed by atoms with van der Waals surface area (Å²) in [6.07, 6.45) is -0.00978. The van der Waals surface area contributed by atoms with E-state index in [0.717, 1.165) is 13.2 Å². The Labute approximate surface area is 235 Å². The molecule has 0 aliphatic heterocycles. The number of carbonyl (C=O) groups is 2. The molecule has 0 bridgehead atoms. The van der Waals surface area contributed by atoms with Gasteiger partial charge in [-0.1, -0.05) is 24.3 Å². The molecule has 2 aromatic carbocycles. The molecule has 41 heavy (non-hydrogen) atoms. The summed E-state index contributed by atoms with van der Waals surface area (Å²) in [5.74, 6) is -3.77. The van der Waals surface area contributed by atoms with Crippen molar-refractivity contribution in [2.24, 2.45) is 11.8 Å². The fraction of sp³-hybridized carbons (Fsp3) is 0.310. The number of phenolic OH excluding ortho intramolecular Hbond substituents is 1. The fourth-order valence-corrected chi connectivity index (χ4v) is 4.23. The van der Waals surface area contributed by atoms with Gasteiger partial charge in [-0.2, -0.15) is 0 Å². The average Bonchev–Trinajstić information content (AvgIpc) is 2.95. The Hall–Kier alpha value is -4.36. The molecular weight excluding hydrogens is 540 g/mol. The molecule has 0 amide bonds. The van der Waals surface area contributed by atoms with Gasteiger partial charge in [-0.05, 0) is 47.5 Å². The van der Waals surface area contributed by atoms with Gasteiger partial charge in [-0.25, -0.2) is 0 Å². The summed E-state index contributed by atoms with van der Waals surface area (Å²) < 4.78 is 20.2. The molecule has 4 unspecified atom stereocenters. The predicted octanol–water partition coefficient (Wildman–Crippen LogP) is 1.35. The fourth-order valence-electron chi connectivity index (χ4n) is 4.23. The molecule has 0 saturated heterocycles. The van der Waals surface area contributed by atoms with Crippen LogP contribution in [0.2, 0.25) is 0 Å². The van der Waals surface area contributed by atoms with Gasteiger partial charge in [0.25, 0.3) is 0 Å². The summed E-state index contributed by atoms with van der Waals surface area (Å²) in [5.41, 5.74) is 1.13. The SMILES string of the molecule is COC(=O)C1C(O)C(C(O)C(O)Oc2ccc(/C=C/C(O)=C/C(=O)/C=C/c3ccc(O)c(OC)c3)cc2OC)C1O. The second-order valence-electron chi connectivity index (χ2n) is 9.09. The van der Waals surface area contributed by atoms with E-state index in [-0.39, 0.29) is 28.8 Å². The molecule has 1 aliphatic carbocycles. The number of ether oxygens (including phenoxy) is 4. The maximum atomic E-state index is 12.2. The summed E-state index contributed by atoms with van der Waals surface area (Å²) in [5, 5.41) is 60.8. The Morgan fingerprint density at radius 3 is 2.05 bits per heavy atom. The molecule has 6 N–H and O–H groups in total. The predicted molar refractivity (Wildman–Crippen MR) is 145 cm³/mol. The van der Waals surface area contributed by atoms with Crippen LogP contribution in [-0.4, -0.2) is 88.3 Å². The third-order valence-corrected chi connectivity index (χ3v) is 6.50. The highest BCUT2D eigenvalue weighted by molar-refractivity contribution is 6.02. The number of hydrogen-bond donors (Lipinski definition) is 6. The van der Waals surface area contributed by atoms with Crippen LogP contribution in [-0.2, 0) is 14.3 Å². The van der Waals surface area contributed by atoms with Crippen molar-refractivity contribution in [3.63, 3.8) is 0 Å². The Morgan fingerprint density at radius 1 is 0.854 bits per heavy atom. The number of aliphatic hydroxyl groups excluding tert-OH is 5. The lowest BCUT2D eigenvalue weighted by Gasteiger charge is -2.47. The van der Waals surface area contributed by atoms with Gasteiger partial charge >= 0.3 is 5.97 Å². The molecule has 1 saturated carbocycles. The molecule has 12 heteroatoms. The van der Waals surface area contributed by atoms with Gasteiger partial charge in [0.15, 0.2) is 28.8 Å². The normalized spacial score (nSPS) is 22.2. The summed E-state index contributed by atoms with van der Waals surface area (Å²) >= 11 is 0. The maximum absolute atomic E-state index is 12.2. The van der Waals surface area contributed by atoms with E-state index in [0.29, 0.717) is 11.1 Å². The molecule has 4 atom stereocenters. The van der Waals surface area contributed by atoms with E-state index < -0.39 is 48.2 Å². The standard InChI is InChI=1S/C29H32O12/c1-38-21-12-15(6-10-19(21)32)4-8-17(30)14-18(31)9-5-16-7-11-20(22(13-16)39-2)41-29(37)27(35)23-25(33)24(26(23)34)28(36)40-3/h4-14,23-27,29,31-35,37H,1-3H3/b8-4+,9-5+,18-14-. The minimum absolute atomic E-state index is 0.0231. The van der Waals surface area contributed by atoms with Crippen molar-refractivity contribution in [3.05, 3.63) is 71.5 Å². The van der Waals surface area contributed by atoms with E-state index in [1.807, 2.05) is 0 Å². The molecule has 2 aromatic rings. The minimum Gasteiger partial charge on any atom is -0.508 e. The van der Waals surface area contributed by atoms with Crippen molar-refractivity contribution in [2.45, 2.75) is 24.6 Å². The second-order valence-corrected chi connectivity index (χ2v) is 9.09. The third kappa shape index (κ3) is 7.44. The van der Waals surface area contributed by atoms with Gasteiger partial charge in [-0.15, -0.1) is 0 Å². The van der Waals surface area contributed by atoms with Crippen LogP contribution in [0.3, 0.4) is 0 Å². The van der Waals surface area contributed by atoms with Gasteiger partial charge in [0.1, 0.15) is 17.8 Å². The highest BCUT2D eigenvalue weighted by Gasteiger charge is 2.58. The van der Waals surface area contributed by atoms with Crippen molar-refractivity contribution in [2.75, 3.05) is 21.3 Å². The molecule has 0 spiro atoms. The average molecular weight is 573 g/mol. The van der Waals surface area contributed by atoms with E-state index in [1.165, 1.54) is 56.7 Å². The molecule has 0 heterocycles. The lowest BCUT2D eigenvalue weighted by atomic mass is 9.66.